The van der Waals surface area contributed by atoms with Gasteiger partial charge in [-0.1, -0.05) is 43.0 Å². The van der Waals surface area contributed by atoms with Gasteiger partial charge in [-0.3, -0.25) is 0 Å². The number of benzene rings is 2. The number of sulfone groups is 1. The van der Waals surface area contributed by atoms with Crippen LogP contribution in [0.5, 0.6) is 0 Å². The largest absolute Gasteiger partial charge is 0.380 e. The summed E-state index contributed by atoms with van der Waals surface area (Å²) in [6, 6.07) is 16.1. The van der Waals surface area contributed by atoms with Crippen LogP contribution >= 0.6 is 0 Å². The molecule has 2 rings (SSSR count). The average molecular weight is 287 g/mol. The lowest BCUT2D eigenvalue weighted by Crippen LogP contribution is -2.13. The summed E-state index contributed by atoms with van der Waals surface area (Å²) in [5.74, 6) is 0. The molecule has 0 fully saturated rings. The minimum atomic E-state index is -3.48. The van der Waals surface area contributed by atoms with Crippen LogP contribution in [0.25, 0.3) is 0 Å². The second kappa shape index (κ2) is 5.92. The Kier molecular flexibility index (Phi) is 4.25. The molecular formula is C16H17NO2S. The topological polar surface area (TPSA) is 46.2 Å². The smallest absolute Gasteiger partial charge is 0.203 e. The van der Waals surface area contributed by atoms with Crippen molar-refractivity contribution in [2.24, 2.45) is 0 Å². The third kappa shape index (κ3) is 3.08. The van der Waals surface area contributed by atoms with E-state index >= 15 is 0 Å². The quantitative estimate of drug-likeness (QED) is 0.917. The molecule has 0 aliphatic heterocycles. The normalized spacial score (nSPS) is 11.1. The molecule has 0 radical (unpaired) electrons. The molecule has 0 bridgehead atoms. The number of rotatable bonds is 5. The zero-order valence-electron chi connectivity index (χ0n) is 11.3. The van der Waals surface area contributed by atoms with E-state index in [1.165, 1.54) is 0 Å². The maximum absolute atomic E-state index is 12.3. The molecule has 2 aromatic rings. The van der Waals surface area contributed by atoms with Crippen LogP contribution in [0.3, 0.4) is 0 Å². The molecule has 0 aliphatic rings. The van der Waals surface area contributed by atoms with Gasteiger partial charge in [-0.2, -0.15) is 0 Å². The molecule has 0 aromatic heterocycles. The summed E-state index contributed by atoms with van der Waals surface area (Å²) in [6.45, 7) is 5.86. The number of aryl methyl sites for hydroxylation is 1. The average Bonchev–Trinajstić information content (AvgIpc) is 2.47. The zero-order valence-corrected chi connectivity index (χ0v) is 12.2. The molecule has 0 atom stereocenters. The van der Waals surface area contributed by atoms with Gasteiger partial charge < -0.3 is 5.32 Å². The van der Waals surface area contributed by atoms with Crippen LogP contribution in [0, 0.1) is 6.92 Å². The summed E-state index contributed by atoms with van der Waals surface area (Å²) in [4.78, 5) is 0.434. The van der Waals surface area contributed by atoms with Gasteiger partial charge >= 0.3 is 0 Å². The van der Waals surface area contributed by atoms with Crippen LogP contribution < -0.4 is 5.32 Å². The van der Waals surface area contributed by atoms with Crippen molar-refractivity contribution in [3.05, 3.63) is 71.6 Å². The molecular weight excluding hydrogens is 270 g/mol. The highest BCUT2D eigenvalue weighted by molar-refractivity contribution is 7.95. The summed E-state index contributed by atoms with van der Waals surface area (Å²) in [5.41, 5.74) is 1.98. The summed E-state index contributed by atoms with van der Waals surface area (Å²) in [5, 5.41) is 3.11. The van der Waals surface area contributed by atoms with Crippen molar-refractivity contribution < 1.29 is 8.42 Å². The number of para-hydroxylation sites is 1. The molecule has 104 valence electrons. The summed E-state index contributed by atoms with van der Waals surface area (Å²) in [7, 11) is -3.48. The molecule has 3 nitrogen and oxygen atoms in total. The fourth-order valence-electron chi connectivity index (χ4n) is 1.83. The first-order valence-electron chi connectivity index (χ1n) is 6.29. The monoisotopic (exact) mass is 287 g/mol. The first kappa shape index (κ1) is 14.3. The lowest BCUT2D eigenvalue weighted by atomic mass is 10.2. The summed E-state index contributed by atoms with van der Waals surface area (Å²) >= 11 is 0. The Morgan fingerprint density at radius 1 is 1.05 bits per heavy atom. The maximum Gasteiger partial charge on any atom is 0.203 e. The van der Waals surface area contributed by atoms with Crippen molar-refractivity contribution >= 4 is 15.5 Å². The van der Waals surface area contributed by atoms with E-state index < -0.39 is 9.84 Å². The highest BCUT2D eigenvalue weighted by atomic mass is 32.2. The molecule has 0 unspecified atom stereocenters. The molecule has 4 heteroatoms. The van der Waals surface area contributed by atoms with E-state index in [-0.39, 0.29) is 16.3 Å². The SMILES string of the molecule is C=C(CNc1ccccc1C)S(=O)(=O)c1ccccc1. The van der Waals surface area contributed by atoms with E-state index in [4.69, 9.17) is 0 Å². The first-order chi connectivity index (χ1) is 9.51. The minimum Gasteiger partial charge on any atom is -0.380 e. The van der Waals surface area contributed by atoms with E-state index in [9.17, 15) is 8.42 Å². The van der Waals surface area contributed by atoms with E-state index in [2.05, 4.69) is 11.9 Å². The second-order valence-corrected chi connectivity index (χ2v) is 6.58. The van der Waals surface area contributed by atoms with Gasteiger partial charge in [-0.15, -0.1) is 0 Å². The lowest BCUT2D eigenvalue weighted by Gasteiger charge is -2.12. The molecule has 1 N–H and O–H groups in total. The van der Waals surface area contributed by atoms with Crippen LogP contribution in [-0.2, 0) is 9.84 Å². The minimum absolute atomic E-state index is 0.159. The molecule has 0 heterocycles. The summed E-state index contributed by atoms with van der Waals surface area (Å²) < 4.78 is 24.6. The van der Waals surface area contributed by atoms with Gasteiger partial charge in [0.2, 0.25) is 9.84 Å². The van der Waals surface area contributed by atoms with Gasteiger partial charge in [0.15, 0.2) is 0 Å². The number of hydrogen-bond acceptors (Lipinski definition) is 3. The predicted octanol–water partition coefficient (Wildman–Crippen LogP) is 3.39. The van der Waals surface area contributed by atoms with Crippen molar-refractivity contribution in [1.29, 1.82) is 0 Å². The van der Waals surface area contributed by atoms with Gasteiger partial charge in [0.1, 0.15) is 0 Å². The Labute approximate surface area is 119 Å². The van der Waals surface area contributed by atoms with Crippen LogP contribution in [0.1, 0.15) is 5.56 Å². The van der Waals surface area contributed by atoms with Crippen molar-refractivity contribution in [2.75, 3.05) is 11.9 Å². The van der Waals surface area contributed by atoms with Crippen LogP contribution in [0.4, 0.5) is 5.69 Å². The van der Waals surface area contributed by atoms with Crippen LogP contribution in [0.15, 0.2) is 71.0 Å². The van der Waals surface area contributed by atoms with E-state index in [0.717, 1.165) is 11.3 Å². The Hall–Kier alpha value is -2.07. The van der Waals surface area contributed by atoms with Crippen molar-refractivity contribution in [3.8, 4) is 0 Å². The Morgan fingerprint density at radius 3 is 2.30 bits per heavy atom. The van der Waals surface area contributed by atoms with Gasteiger partial charge in [-0.25, -0.2) is 8.42 Å². The number of anilines is 1. The Morgan fingerprint density at radius 2 is 1.65 bits per heavy atom. The van der Waals surface area contributed by atoms with E-state index in [1.807, 2.05) is 31.2 Å². The first-order valence-corrected chi connectivity index (χ1v) is 7.77. The maximum atomic E-state index is 12.3. The number of hydrogen-bond donors (Lipinski definition) is 1. The third-order valence-electron chi connectivity index (χ3n) is 3.05. The Balaban J connectivity index is 2.11. The van der Waals surface area contributed by atoms with E-state index in [1.54, 1.807) is 30.3 Å². The molecule has 20 heavy (non-hydrogen) atoms. The number of nitrogens with one attached hydrogen (secondary N) is 1. The van der Waals surface area contributed by atoms with Gasteiger partial charge in [0.25, 0.3) is 0 Å². The van der Waals surface area contributed by atoms with Crippen molar-refractivity contribution in [1.82, 2.24) is 0 Å². The highest BCUT2D eigenvalue weighted by Gasteiger charge is 2.18. The molecule has 0 saturated heterocycles. The Bertz CT molecular complexity index is 706. The summed E-state index contributed by atoms with van der Waals surface area (Å²) in [6.07, 6.45) is 0. The standard InChI is InChI=1S/C16H17NO2S/c1-13-8-6-7-11-16(13)17-12-14(2)20(18,19)15-9-4-3-5-10-15/h3-11,17H,2,12H2,1H3. The fourth-order valence-corrected chi connectivity index (χ4v) is 2.94. The molecule has 0 amide bonds. The van der Waals surface area contributed by atoms with Crippen LogP contribution in [0.2, 0.25) is 0 Å². The highest BCUT2D eigenvalue weighted by Crippen LogP contribution is 2.19. The molecule has 0 spiro atoms. The van der Waals surface area contributed by atoms with Crippen molar-refractivity contribution in [2.45, 2.75) is 11.8 Å². The van der Waals surface area contributed by atoms with Gasteiger partial charge in [0, 0.05) is 5.69 Å². The van der Waals surface area contributed by atoms with Crippen LogP contribution in [-0.4, -0.2) is 15.0 Å². The lowest BCUT2D eigenvalue weighted by molar-refractivity contribution is 0.601. The molecule has 0 saturated carbocycles. The molecule has 0 aliphatic carbocycles. The fraction of sp³-hybridized carbons (Fsp3) is 0.125. The zero-order chi connectivity index (χ0) is 14.6. The second-order valence-electron chi connectivity index (χ2n) is 4.52. The molecule has 2 aromatic carbocycles. The predicted molar refractivity (Wildman–Crippen MR) is 82.4 cm³/mol. The van der Waals surface area contributed by atoms with Crippen molar-refractivity contribution in [3.63, 3.8) is 0 Å². The van der Waals surface area contributed by atoms with E-state index in [0.29, 0.717) is 0 Å². The van der Waals surface area contributed by atoms with Gasteiger partial charge in [-0.05, 0) is 30.7 Å². The third-order valence-corrected chi connectivity index (χ3v) is 4.85. The van der Waals surface area contributed by atoms with Gasteiger partial charge in [0.05, 0.1) is 16.3 Å².